The molecule has 2 amide bonds. The molecule has 4 nitrogen and oxygen atoms in total. The van der Waals surface area contributed by atoms with E-state index in [1.807, 2.05) is 30.3 Å². The van der Waals surface area contributed by atoms with E-state index in [9.17, 15) is 9.90 Å². The third-order valence-corrected chi connectivity index (χ3v) is 4.98. The molecule has 1 atom stereocenters. The molecule has 0 saturated carbocycles. The van der Waals surface area contributed by atoms with Crippen molar-refractivity contribution in [3.05, 3.63) is 50.1 Å². The molecule has 1 aromatic carbocycles. The maximum Gasteiger partial charge on any atom is 0.321 e. The summed E-state index contributed by atoms with van der Waals surface area (Å²) in [5, 5.41) is 13.2. The fraction of sp³-hybridized carbons (Fsp3) is 0.214. The first-order chi connectivity index (χ1) is 9.54. The normalized spacial score (nSPS) is 15.8. The van der Waals surface area contributed by atoms with Crippen LogP contribution in [0.1, 0.15) is 22.1 Å². The average Bonchev–Trinajstić information content (AvgIpc) is 2.85. The smallest absolute Gasteiger partial charge is 0.321 e. The van der Waals surface area contributed by atoms with E-state index in [0.717, 1.165) is 25.5 Å². The molecule has 0 bridgehead atoms. The standard InChI is InChI=1S/C14H13BrN2O2S/c1-17-7-9-6-8(2-3-10(9)16-14(17)19)13(18)11-4-5-12(15)20-11/h2-6,13,18H,7H2,1H3,(H,16,19). The molecule has 104 valence electrons. The third kappa shape index (κ3) is 2.46. The minimum absolute atomic E-state index is 0.104. The van der Waals surface area contributed by atoms with Gasteiger partial charge in [0, 0.05) is 24.2 Å². The zero-order valence-electron chi connectivity index (χ0n) is 10.8. The Balaban J connectivity index is 1.92. The Bertz CT molecular complexity index is 671. The molecule has 2 heterocycles. The van der Waals surface area contributed by atoms with E-state index in [4.69, 9.17) is 0 Å². The molecule has 0 spiro atoms. The Kier molecular flexibility index (Phi) is 3.54. The van der Waals surface area contributed by atoms with Crippen LogP contribution >= 0.6 is 27.3 Å². The predicted molar refractivity (Wildman–Crippen MR) is 83.0 cm³/mol. The number of nitrogens with zero attached hydrogens (tertiary/aromatic N) is 1. The quantitative estimate of drug-likeness (QED) is 0.867. The van der Waals surface area contributed by atoms with Crippen LogP contribution < -0.4 is 5.32 Å². The molecule has 1 aromatic heterocycles. The van der Waals surface area contributed by atoms with Gasteiger partial charge in [0.05, 0.1) is 3.79 Å². The molecule has 1 unspecified atom stereocenters. The van der Waals surface area contributed by atoms with Crippen LogP contribution in [-0.2, 0) is 6.54 Å². The Labute approximate surface area is 129 Å². The van der Waals surface area contributed by atoms with Crippen LogP contribution in [0.15, 0.2) is 34.1 Å². The van der Waals surface area contributed by atoms with Crippen molar-refractivity contribution in [2.45, 2.75) is 12.6 Å². The molecule has 6 heteroatoms. The molecule has 0 aliphatic carbocycles. The first kappa shape index (κ1) is 13.6. The fourth-order valence-corrected chi connectivity index (χ4v) is 3.65. The van der Waals surface area contributed by atoms with Gasteiger partial charge in [-0.3, -0.25) is 0 Å². The Hall–Kier alpha value is -1.37. The molecule has 3 rings (SSSR count). The zero-order chi connectivity index (χ0) is 14.3. The van der Waals surface area contributed by atoms with E-state index >= 15 is 0 Å². The van der Waals surface area contributed by atoms with Gasteiger partial charge in [-0.1, -0.05) is 6.07 Å². The average molecular weight is 353 g/mol. The molecule has 0 fully saturated rings. The van der Waals surface area contributed by atoms with Crippen molar-refractivity contribution in [2.24, 2.45) is 0 Å². The molecule has 0 saturated heterocycles. The van der Waals surface area contributed by atoms with Crippen molar-refractivity contribution in [1.82, 2.24) is 4.90 Å². The largest absolute Gasteiger partial charge is 0.383 e. The molecule has 2 aromatic rings. The number of nitrogens with one attached hydrogen (secondary N) is 1. The second-order valence-corrected chi connectivity index (χ2v) is 7.24. The number of carbonyl (C=O) groups is 1. The minimum atomic E-state index is -0.639. The zero-order valence-corrected chi connectivity index (χ0v) is 13.2. The second kappa shape index (κ2) is 5.20. The first-order valence-corrected chi connectivity index (χ1v) is 7.74. The van der Waals surface area contributed by atoms with Gasteiger partial charge in [0.15, 0.2) is 0 Å². The lowest BCUT2D eigenvalue weighted by atomic mass is 10.0. The summed E-state index contributed by atoms with van der Waals surface area (Å²) in [6, 6.07) is 9.38. The number of carbonyl (C=O) groups excluding carboxylic acids is 1. The lowest BCUT2D eigenvalue weighted by Crippen LogP contribution is -2.35. The Morgan fingerprint density at radius 3 is 2.90 bits per heavy atom. The number of aliphatic hydroxyl groups excluding tert-OH is 1. The number of hydrogen-bond acceptors (Lipinski definition) is 3. The highest BCUT2D eigenvalue weighted by Gasteiger charge is 2.21. The predicted octanol–water partition coefficient (Wildman–Crippen LogP) is 3.57. The number of hydrogen-bond donors (Lipinski definition) is 2. The molecular formula is C14H13BrN2O2S. The van der Waals surface area contributed by atoms with Gasteiger partial charge in [-0.05, 0) is 51.3 Å². The van der Waals surface area contributed by atoms with Gasteiger partial charge < -0.3 is 15.3 Å². The van der Waals surface area contributed by atoms with Crippen LogP contribution in [0, 0.1) is 0 Å². The highest BCUT2D eigenvalue weighted by atomic mass is 79.9. The number of aliphatic hydroxyl groups is 1. The van der Waals surface area contributed by atoms with Crippen LogP contribution in [0.25, 0.3) is 0 Å². The number of amides is 2. The third-order valence-electron chi connectivity index (χ3n) is 3.30. The summed E-state index contributed by atoms with van der Waals surface area (Å²) in [5.74, 6) is 0. The second-order valence-electron chi connectivity index (χ2n) is 4.75. The van der Waals surface area contributed by atoms with E-state index in [-0.39, 0.29) is 6.03 Å². The van der Waals surface area contributed by atoms with Crippen LogP contribution in [0.5, 0.6) is 0 Å². The van der Waals surface area contributed by atoms with Crippen molar-refractivity contribution < 1.29 is 9.90 Å². The van der Waals surface area contributed by atoms with Crippen molar-refractivity contribution >= 4 is 39.0 Å². The summed E-state index contributed by atoms with van der Waals surface area (Å²) in [5.41, 5.74) is 2.67. The summed E-state index contributed by atoms with van der Waals surface area (Å²) in [6.07, 6.45) is -0.639. The monoisotopic (exact) mass is 352 g/mol. The van der Waals surface area contributed by atoms with Gasteiger partial charge in [-0.2, -0.15) is 0 Å². The molecule has 2 N–H and O–H groups in total. The molecular weight excluding hydrogens is 340 g/mol. The van der Waals surface area contributed by atoms with E-state index in [1.54, 1.807) is 11.9 Å². The summed E-state index contributed by atoms with van der Waals surface area (Å²) in [6.45, 7) is 0.551. The Morgan fingerprint density at radius 2 is 2.20 bits per heavy atom. The van der Waals surface area contributed by atoms with Crippen LogP contribution in [-0.4, -0.2) is 23.1 Å². The van der Waals surface area contributed by atoms with E-state index in [2.05, 4.69) is 21.2 Å². The Morgan fingerprint density at radius 1 is 1.40 bits per heavy atom. The van der Waals surface area contributed by atoms with E-state index in [0.29, 0.717) is 6.54 Å². The lowest BCUT2D eigenvalue weighted by Gasteiger charge is -2.26. The SMILES string of the molecule is CN1Cc2cc(C(O)c3ccc(Br)s3)ccc2NC1=O. The fourth-order valence-electron chi connectivity index (χ4n) is 2.21. The van der Waals surface area contributed by atoms with Crippen LogP contribution in [0.2, 0.25) is 0 Å². The van der Waals surface area contributed by atoms with Crippen molar-refractivity contribution in [3.63, 3.8) is 0 Å². The van der Waals surface area contributed by atoms with Gasteiger partial charge in [0.25, 0.3) is 0 Å². The summed E-state index contributed by atoms with van der Waals surface area (Å²) in [4.78, 5) is 14.1. The number of halogens is 1. The van der Waals surface area contributed by atoms with E-state index in [1.165, 1.54) is 11.3 Å². The number of thiophene rings is 1. The van der Waals surface area contributed by atoms with Gasteiger partial charge in [-0.15, -0.1) is 11.3 Å². The number of urea groups is 1. The lowest BCUT2D eigenvalue weighted by molar-refractivity contribution is 0.217. The van der Waals surface area contributed by atoms with Gasteiger partial charge in [-0.25, -0.2) is 4.79 Å². The summed E-state index contributed by atoms with van der Waals surface area (Å²) < 4.78 is 0.997. The van der Waals surface area contributed by atoms with Crippen LogP contribution in [0.4, 0.5) is 10.5 Å². The van der Waals surface area contributed by atoms with Crippen molar-refractivity contribution in [1.29, 1.82) is 0 Å². The number of fused-ring (bicyclic) bond motifs is 1. The molecule has 1 aliphatic heterocycles. The van der Waals surface area contributed by atoms with Crippen LogP contribution in [0.3, 0.4) is 0 Å². The first-order valence-electron chi connectivity index (χ1n) is 6.13. The van der Waals surface area contributed by atoms with Crippen molar-refractivity contribution in [2.75, 3.05) is 12.4 Å². The topological polar surface area (TPSA) is 52.6 Å². The summed E-state index contributed by atoms with van der Waals surface area (Å²) in [7, 11) is 1.75. The maximum absolute atomic E-state index is 11.6. The van der Waals surface area contributed by atoms with Crippen molar-refractivity contribution in [3.8, 4) is 0 Å². The molecule has 1 aliphatic rings. The van der Waals surface area contributed by atoms with Gasteiger partial charge >= 0.3 is 6.03 Å². The highest BCUT2D eigenvalue weighted by Crippen LogP contribution is 2.33. The van der Waals surface area contributed by atoms with Gasteiger partial charge in [0.1, 0.15) is 6.10 Å². The number of rotatable bonds is 2. The minimum Gasteiger partial charge on any atom is -0.383 e. The molecule has 20 heavy (non-hydrogen) atoms. The summed E-state index contributed by atoms with van der Waals surface area (Å²) >= 11 is 4.92. The number of benzene rings is 1. The molecule has 0 radical (unpaired) electrons. The number of anilines is 1. The van der Waals surface area contributed by atoms with E-state index < -0.39 is 6.10 Å². The highest BCUT2D eigenvalue weighted by molar-refractivity contribution is 9.11. The van der Waals surface area contributed by atoms with Gasteiger partial charge in [0.2, 0.25) is 0 Å². The maximum atomic E-state index is 11.6.